The van der Waals surface area contributed by atoms with Gasteiger partial charge in [0.25, 0.3) is 0 Å². The Balaban J connectivity index is 1.57. The van der Waals surface area contributed by atoms with Crippen molar-refractivity contribution < 1.29 is 18.8 Å². The maximum atomic E-state index is 10.5. The van der Waals surface area contributed by atoms with Gasteiger partial charge in [0.1, 0.15) is 6.61 Å². The Hall–Kier alpha value is -2.60. The van der Waals surface area contributed by atoms with Gasteiger partial charge in [-0.05, 0) is 85.7 Å². The van der Waals surface area contributed by atoms with Gasteiger partial charge in [-0.3, -0.25) is 9.42 Å². The molecule has 3 aromatic carbocycles. The van der Waals surface area contributed by atoms with Crippen LogP contribution in [0.3, 0.4) is 0 Å². The first kappa shape index (κ1) is 29.0. The van der Waals surface area contributed by atoms with Crippen molar-refractivity contribution in [2.75, 3.05) is 13.2 Å². The van der Waals surface area contributed by atoms with Crippen molar-refractivity contribution in [1.29, 1.82) is 0 Å². The molecule has 0 aromatic heterocycles. The van der Waals surface area contributed by atoms with E-state index in [9.17, 15) is 4.57 Å². The molecule has 3 aromatic rings. The lowest BCUT2D eigenvalue weighted by Gasteiger charge is -2.18. The standard InChI is InChI=1S/C29H35ClN2O4P/c1-21-8-9-26(16-22(21)2)17-29(27-6-4-7-28(30)18-27)23(3)32-35-20-25-12-10-24(11-13-25)19-31-14-5-15-36-37(33)34/h4,6-13,16,18,29,31H,5,14-15,17,19-20H2,1-3H3,(H,33,34)/b32-23+. The lowest BCUT2D eigenvalue weighted by Crippen LogP contribution is -2.15. The largest absolute Gasteiger partial charge is 0.391 e. The average Bonchev–Trinajstić information content (AvgIpc) is 2.87. The quantitative estimate of drug-likeness (QED) is 0.0991. The normalized spacial score (nSPS) is 12.9. The Bertz CT molecular complexity index is 1200. The molecule has 0 heterocycles. The summed E-state index contributed by atoms with van der Waals surface area (Å²) in [5, 5.41) is 8.49. The van der Waals surface area contributed by atoms with E-state index in [1.807, 2.05) is 37.3 Å². The number of oxime groups is 1. The van der Waals surface area contributed by atoms with Crippen LogP contribution < -0.4 is 5.32 Å². The molecule has 0 aliphatic carbocycles. The molecule has 0 spiro atoms. The van der Waals surface area contributed by atoms with Gasteiger partial charge in [0.15, 0.2) is 0 Å². The van der Waals surface area contributed by atoms with Crippen molar-refractivity contribution >= 4 is 25.6 Å². The Morgan fingerprint density at radius 3 is 2.46 bits per heavy atom. The van der Waals surface area contributed by atoms with Gasteiger partial charge < -0.3 is 10.2 Å². The Kier molecular flexibility index (Phi) is 11.7. The van der Waals surface area contributed by atoms with Gasteiger partial charge in [-0.25, -0.2) is 4.57 Å². The van der Waals surface area contributed by atoms with Crippen LogP contribution >= 0.6 is 19.9 Å². The van der Waals surface area contributed by atoms with Crippen LogP contribution in [-0.2, 0) is 33.5 Å². The lowest BCUT2D eigenvalue weighted by atomic mass is 9.88. The third-order valence-electron chi connectivity index (χ3n) is 6.26. The molecule has 0 fully saturated rings. The second-order valence-electron chi connectivity index (χ2n) is 9.15. The van der Waals surface area contributed by atoms with E-state index in [1.165, 1.54) is 16.7 Å². The van der Waals surface area contributed by atoms with E-state index in [2.05, 4.69) is 65.2 Å². The highest BCUT2D eigenvalue weighted by atomic mass is 35.5. The predicted molar refractivity (Wildman–Crippen MR) is 150 cm³/mol. The monoisotopic (exact) mass is 541 g/mol. The Morgan fingerprint density at radius 1 is 1.03 bits per heavy atom. The molecule has 0 aliphatic rings. The van der Waals surface area contributed by atoms with Gasteiger partial charge in [-0.1, -0.05) is 71.4 Å². The fraction of sp³-hybridized carbons (Fsp3) is 0.345. The molecule has 0 aliphatic heterocycles. The Morgan fingerprint density at radius 2 is 1.76 bits per heavy atom. The van der Waals surface area contributed by atoms with Crippen molar-refractivity contribution in [2.45, 2.75) is 52.7 Å². The Labute approximate surface area is 225 Å². The lowest BCUT2D eigenvalue weighted by molar-refractivity contribution is 0.129. The topological polar surface area (TPSA) is 80.1 Å². The second kappa shape index (κ2) is 15.0. The molecule has 8 heteroatoms. The van der Waals surface area contributed by atoms with Crippen LogP contribution in [-0.4, -0.2) is 23.8 Å². The van der Waals surface area contributed by atoms with Crippen LogP contribution in [0.15, 0.2) is 71.9 Å². The molecule has 2 unspecified atom stereocenters. The van der Waals surface area contributed by atoms with E-state index in [-0.39, 0.29) is 12.5 Å². The minimum Gasteiger partial charge on any atom is -0.391 e. The van der Waals surface area contributed by atoms with Crippen molar-refractivity contribution in [1.82, 2.24) is 5.32 Å². The molecule has 0 saturated carbocycles. The summed E-state index contributed by atoms with van der Waals surface area (Å²) < 4.78 is 15.1. The number of aryl methyl sites for hydroxylation is 2. The first-order valence-corrected chi connectivity index (χ1v) is 13.9. The molecule has 197 valence electrons. The zero-order valence-electron chi connectivity index (χ0n) is 21.6. The molecule has 0 amide bonds. The molecular weight excluding hydrogens is 507 g/mol. The van der Waals surface area contributed by atoms with E-state index in [1.54, 1.807) is 0 Å². The molecule has 0 saturated heterocycles. The predicted octanol–water partition coefficient (Wildman–Crippen LogP) is 7.02. The first-order chi connectivity index (χ1) is 17.8. The van der Waals surface area contributed by atoms with Gasteiger partial charge >= 0.3 is 8.25 Å². The molecule has 37 heavy (non-hydrogen) atoms. The molecule has 2 N–H and O–H groups in total. The number of rotatable bonds is 14. The molecule has 2 atom stereocenters. The van der Waals surface area contributed by atoms with Crippen LogP contribution in [0.25, 0.3) is 0 Å². The minimum absolute atomic E-state index is 0.0534. The highest BCUT2D eigenvalue weighted by molar-refractivity contribution is 7.32. The summed E-state index contributed by atoms with van der Waals surface area (Å²) in [5.41, 5.74) is 8.01. The van der Waals surface area contributed by atoms with Crippen LogP contribution in [0.5, 0.6) is 0 Å². The van der Waals surface area contributed by atoms with Gasteiger partial charge in [-0.2, -0.15) is 0 Å². The number of nitrogens with zero attached hydrogens (tertiary/aromatic N) is 1. The summed E-state index contributed by atoms with van der Waals surface area (Å²) in [7, 11) is -2.51. The van der Waals surface area contributed by atoms with Gasteiger partial charge in [0.05, 0.1) is 12.3 Å². The summed E-state index contributed by atoms with van der Waals surface area (Å²) >= 11 is 6.30. The van der Waals surface area contributed by atoms with Crippen LogP contribution in [0.1, 0.15) is 52.6 Å². The second-order valence-corrected chi connectivity index (χ2v) is 10.3. The molecular formula is C29H35ClN2O4P. The third-order valence-corrected chi connectivity index (χ3v) is 6.90. The van der Waals surface area contributed by atoms with Crippen LogP contribution in [0.2, 0.25) is 5.02 Å². The number of hydrogen-bond donors (Lipinski definition) is 2. The van der Waals surface area contributed by atoms with E-state index in [0.29, 0.717) is 31.1 Å². The summed E-state index contributed by atoms with van der Waals surface area (Å²) in [4.78, 5) is 14.4. The zero-order valence-corrected chi connectivity index (χ0v) is 23.3. The van der Waals surface area contributed by atoms with E-state index in [0.717, 1.165) is 28.8 Å². The summed E-state index contributed by atoms with van der Waals surface area (Å²) in [6.07, 6.45) is 1.48. The maximum absolute atomic E-state index is 10.5. The number of halogens is 1. The first-order valence-electron chi connectivity index (χ1n) is 12.4. The number of hydrogen-bond acceptors (Lipinski definition) is 5. The van der Waals surface area contributed by atoms with Crippen molar-refractivity contribution in [3.63, 3.8) is 0 Å². The third kappa shape index (κ3) is 9.99. The van der Waals surface area contributed by atoms with Crippen molar-refractivity contribution in [3.05, 3.63) is 105 Å². The van der Waals surface area contributed by atoms with Gasteiger partial charge in [0.2, 0.25) is 0 Å². The SMILES string of the molecule is C/C(=N\OCc1ccc(CNCCCO[P](=O)O)cc1)C(Cc1ccc(C)c(C)c1)c1cccc(Cl)c1. The summed E-state index contributed by atoms with van der Waals surface area (Å²) in [6.45, 7) is 8.33. The maximum Gasteiger partial charge on any atom is 0.366 e. The molecule has 1 radical (unpaired) electrons. The molecule has 0 bridgehead atoms. The summed E-state index contributed by atoms with van der Waals surface area (Å²) in [6, 6.07) is 22.7. The van der Waals surface area contributed by atoms with E-state index < -0.39 is 8.25 Å². The smallest absolute Gasteiger partial charge is 0.366 e. The van der Waals surface area contributed by atoms with E-state index >= 15 is 0 Å². The number of benzene rings is 3. The average molecular weight is 542 g/mol. The fourth-order valence-corrected chi connectivity index (χ4v) is 4.48. The summed E-state index contributed by atoms with van der Waals surface area (Å²) in [5.74, 6) is 0.0534. The van der Waals surface area contributed by atoms with Crippen molar-refractivity contribution in [3.8, 4) is 0 Å². The van der Waals surface area contributed by atoms with Gasteiger partial charge in [0, 0.05) is 17.5 Å². The molecule has 3 rings (SSSR count). The van der Waals surface area contributed by atoms with Crippen LogP contribution in [0.4, 0.5) is 0 Å². The highest BCUT2D eigenvalue weighted by Crippen LogP contribution is 2.26. The van der Waals surface area contributed by atoms with Crippen LogP contribution in [0, 0.1) is 13.8 Å². The molecule has 6 nitrogen and oxygen atoms in total. The van der Waals surface area contributed by atoms with E-state index in [4.69, 9.17) is 21.3 Å². The van der Waals surface area contributed by atoms with Crippen molar-refractivity contribution in [2.24, 2.45) is 5.16 Å². The van der Waals surface area contributed by atoms with Gasteiger partial charge in [-0.15, -0.1) is 0 Å². The zero-order chi connectivity index (χ0) is 26.6. The highest BCUT2D eigenvalue weighted by Gasteiger charge is 2.17. The number of nitrogens with one attached hydrogen (secondary N) is 1. The fourth-order valence-electron chi connectivity index (χ4n) is 3.99. The minimum atomic E-state index is -2.51.